The largest absolute Gasteiger partial charge is 0.573 e. The van der Waals surface area contributed by atoms with E-state index in [9.17, 15) is 18.0 Å². The van der Waals surface area contributed by atoms with Crippen LogP contribution >= 0.6 is 0 Å². The number of alkyl halides is 3. The van der Waals surface area contributed by atoms with Crippen molar-refractivity contribution in [2.45, 2.75) is 32.3 Å². The maximum atomic E-state index is 12.1. The third-order valence-electron chi connectivity index (χ3n) is 2.48. The zero-order valence-electron chi connectivity index (χ0n) is 10.5. The number of carbonyl (C=O) groups is 1. The molecule has 0 heterocycles. The smallest absolute Gasteiger partial charge is 0.406 e. The highest BCUT2D eigenvalue weighted by Crippen LogP contribution is 2.23. The summed E-state index contributed by atoms with van der Waals surface area (Å²) >= 11 is 0. The number of hydrogen-bond donors (Lipinski definition) is 2. The number of amides is 1. The maximum Gasteiger partial charge on any atom is 0.573 e. The highest BCUT2D eigenvalue weighted by Gasteiger charge is 2.31. The van der Waals surface area contributed by atoms with E-state index in [1.54, 1.807) is 19.9 Å². The number of halogens is 3. The van der Waals surface area contributed by atoms with Crippen molar-refractivity contribution < 1.29 is 22.7 Å². The Morgan fingerprint density at radius 1 is 1.37 bits per heavy atom. The number of hydrogen-bond acceptors (Lipinski definition) is 3. The lowest BCUT2D eigenvalue weighted by atomic mass is 10.0. The first-order chi connectivity index (χ1) is 8.60. The molecule has 0 saturated carbocycles. The van der Waals surface area contributed by atoms with Gasteiger partial charge in [0.2, 0.25) is 5.91 Å². The van der Waals surface area contributed by atoms with Gasteiger partial charge in [0.05, 0.1) is 5.54 Å². The Morgan fingerprint density at radius 3 is 2.53 bits per heavy atom. The Bertz CT molecular complexity index is 459. The van der Waals surface area contributed by atoms with Crippen LogP contribution in [-0.2, 0) is 11.3 Å². The SMILES string of the molecule is CC(C)(NCc1cccc(OC(F)(F)F)c1)C(N)=O. The van der Waals surface area contributed by atoms with Gasteiger partial charge < -0.3 is 10.5 Å². The molecule has 0 unspecified atom stereocenters. The molecule has 0 atom stereocenters. The lowest BCUT2D eigenvalue weighted by Gasteiger charge is -2.22. The number of nitrogens with two attached hydrogens (primary N) is 1. The molecule has 0 aliphatic rings. The summed E-state index contributed by atoms with van der Waals surface area (Å²) in [5.74, 6) is -0.848. The second kappa shape index (κ2) is 5.48. The van der Waals surface area contributed by atoms with Crippen LogP contribution in [0.25, 0.3) is 0 Å². The molecule has 0 aliphatic heterocycles. The summed E-state index contributed by atoms with van der Waals surface area (Å²) in [5, 5.41) is 2.85. The predicted molar refractivity (Wildman–Crippen MR) is 63.2 cm³/mol. The predicted octanol–water partition coefficient (Wildman–Crippen LogP) is 1.94. The van der Waals surface area contributed by atoms with E-state index in [1.165, 1.54) is 18.2 Å². The second-order valence-corrected chi connectivity index (χ2v) is 4.54. The van der Waals surface area contributed by atoms with E-state index in [1.807, 2.05) is 0 Å². The molecule has 1 aromatic rings. The highest BCUT2D eigenvalue weighted by molar-refractivity contribution is 5.83. The van der Waals surface area contributed by atoms with Crippen LogP contribution in [0.5, 0.6) is 5.75 Å². The first-order valence-electron chi connectivity index (χ1n) is 5.50. The monoisotopic (exact) mass is 276 g/mol. The van der Waals surface area contributed by atoms with Gasteiger partial charge in [-0.1, -0.05) is 12.1 Å². The first-order valence-corrected chi connectivity index (χ1v) is 5.50. The molecule has 106 valence electrons. The van der Waals surface area contributed by atoms with E-state index in [4.69, 9.17) is 5.73 Å². The van der Waals surface area contributed by atoms with Crippen molar-refractivity contribution in [3.8, 4) is 5.75 Å². The van der Waals surface area contributed by atoms with Gasteiger partial charge in [0.25, 0.3) is 0 Å². The molecule has 0 saturated heterocycles. The van der Waals surface area contributed by atoms with Gasteiger partial charge in [-0.05, 0) is 31.5 Å². The van der Waals surface area contributed by atoms with Crippen LogP contribution in [-0.4, -0.2) is 17.8 Å². The number of rotatable bonds is 5. The summed E-state index contributed by atoms with van der Waals surface area (Å²) in [7, 11) is 0. The Morgan fingerprint density at radius 2 is 2.00 bits per heavy atom. The molecule has 4 nitrogen and oxygen atoms in total. The van der Waals surface area contributed by atoms with Crippen molar-refractivity contribution in [1.82, 2.24) is 5.32 Å². The lowest BCUT2D eigenvalue weighted by Crippen LogP contribution is -2.50. The van der Waals surface area contributed by atoms with E-state index < -0.39 is 17.8 Å². The van der Waals surface area contributed by atoms with Crippen molar-refractivity contribution in [1.29, 1.82) is 0 Å². The van der Waals surface area contributed by atoms with Gasteiger partial charge >= 0.3 is 6.36 Å². The zero-order valence-corrected chi connectivity index (χ0v) is 10.5. The normalized spacial score (nSPS) is 12.3. The summed E-state index contributed by atoms with van der Waals surface area (Å²) in [6.45, 7) is 3.38. The fourth-order valence-electron chi connectivity index (χ4n) is 1.26. The Hall–Kier alpha value is -1.76. The Labute approximate surface area is 108 Å². The molecule has 7 heteroatoms. The third-order valence-corrected chi connectivity index (χ3v) is 2.48. The summed E-state index contributed by atoms with van der Waals surface area (Å²) in [6.07, 6.45) is -4.72. The van der Waals surface area contributed by atoms with Crippen LogP contribution in [0.15, 0.2) is 24.3 Å². The van der Waals surface area contributed by atoms with E-state index in [-0.39, 0.29) is 12.3 Å². The third kappa shape index (κ3) is 5.17. The van der Waals surface area contributed by atoms with Crippen LogP contribution in [0.1, 0.15) is 19.4 Å². The molecule has 0 bridgehead atoms. The van der Waals surface area contributed by atoms with E-state index in [0.717, 1.165) is 0 Å². The molecule has 1 amide bonds. The van der Waals surface area contributed by atoms with Gasteiger partial charge in [-0.2, -0.15) is 0 Å². The van der Waals surface area contributed by atoms with Crippen molar-refractivity contribution in [3.05, 3.63) is 29.8 Å². The average molecular weight is 276 g/mol. The van der Waals surface area contributed by atoms with Gasteiger partial charge in [0.15, 0.2) is 0 Å². The molecule has 1 aromatic carbocycles. The minimum absolute atomic E-state index is 0.199. The molecule has 0 fully saturated rings. The van der Waals surface area contributed by atoms with Crippen LogP contribution in [0.2, 0.25) is 0 Å². The van der Waals surface area contributed by atoms with Crippen LogP contribution in [0.3, 0.4) is 0 Å². The summed E-state index contributed by atoms with van der Waals surface area (Å²) in [4.78, 5) is 11.1. The van der Waals surface area contributed by atoms with Crippen molar-refractivity contribution in [3.63, 3.8) is 0 Å². The summed E-state index contributed by atoms with van der Waals surface area (Å²) < 4.78 is 40.0. The van der Waals surface area contributed by atoms with Crippen LogP contribution in [0, 0.1) is 0 Å². The molecule has 0 aromatic heterocycles. The standard InChI is InChI=1S/C12H15F3N2O2/c1-11(2,10(16)18)17-7-8-4-3-5-9(6-8)19-12(13,14)15/h3-6,17H,7H2,1-2H3,(H2,16,18). The van der Waals surface area contributed by atoms with Crippen molar-refractivity contribution in [2.24, 2.45) is 5.73 Å². The van der Waals surface area contributed by atoms with Gasteiger partial charge in [-0.15, -0.1) is 13.2 Å². The summed E-state index contributed by atoms with van der Waals surface area (Å²) in [5.41, 5.74) is 4.78. The summed E-state index contributed by atoms with van der Waals surface area (Å²) in [6, 6.07) is 5.51. The van der Waals surface area contributed by atoms with Gasteiger partial charge in [0, 0.05) is 6.54 Å². The minimum atomic E-state index is -4.72. The minimum Gasteiger partial charge on any atom is -0.406 e. The highest BCUT2D eigenvalue weighted by atomic mass is 19.4. The molecule has 19 heavy (non-hydrogen) atoms. The zero-order chi connectivity index (χ0) is 14.7. The van der Waals surface area contributed by atoms with E-state index in [2.05, 4.69) is 10.1 Å². The molecule has 0 spiro atoms. The topological polar surface area (TPSA) is 64.3 Å². The molecule has 1 rings (SSSR count). The number of primary amides is 1. The maximum absolute atomic E-state index is 12.1. The number of benzene rings is 1. The van der Waals surface area contributed by atoms with Gasteiger partial charge in [-0.3, -0.25) is 10.1 Å². The fraction of sp³-hybridized carbons (Fsp3) is 0.417. The van der Waals surface area contributed by atoms with Gasteiger partial charge in [-0.25, -0.2) is 0 Å². The molecular weight excluding hydrogens is 261 g/mol. The molecular formula is C12H15F3N2O2. The number of carbonyl (C=O) groups excluding carboxylic acids is 1. The fourth-order valence-corrected chi connectivity index (χ4v) is 1.26. The average Bonchev–Trinajstić information content (AvgIpc) is 2.24. The van der Waals surface area contributed by atoms with Gasteiger partial charge in [0.1, 0.15) is 5.75 Å². The molecule has 3 N–H and O–H groups in total. The number of nitrogens with one attached hydrogen (secondary N) is 1. The number of ether oxygens (including phenoxy) is 1. The quantitative estimate of drug-likeness (QED) is 0.863. The van der Waals surface area contributed by atoms with Crippen molar-refractivity contribution in [2.75, 3.05) is 0 Å². The Balaban J connectivity index is 2.70. The molecule has 0 radical (unpaired) electrons. The molecule has 0 aliphatic carbocycles. The van der Waals surface area contributed by atoms with Crippen LogP contribution < -0.4 is 15.8 Å². The first kappa shape index (κ1) is 15.3. The Kier molecular flexibility index (Phi) is 4.41. The van der Waals surface area contributed by atoms with E-state index >= 15 is 0 Å². The lowest BCUT2D eigenvalue weighted by molar-refractivity contribution is -0.274. The van der Waals surface area contributed by atoms with E-state index in [0.29, 0.717) is 5.56 Å². The van der Waals surface area contributed by atoms with Crippen LogP contribution in [0.4, 0.5) is 13.2 Å². The van der Waals surface area contributed by atoms with Crippen molar-refractivity contribution >= 4 is 5.91 Å². The second-order valence-electron chi connectivity index (χ2n) is 4.54.